The fraction of sp³-hybridized carbons (Fsp3) is 0.368. The van der Waals surface area contributed by atoms with Crippen LogP contribution in [0.15, 0.2) is 36.5 Å². The third-order valence-electron chi connectivity index (χ3n) is 4.60. The van der Waals surface area contributed by atoms with Gasteiger partial charge < -0.3 is 16.2 Å². The molecule has 2 unspecified atom stereocenters. The standard InChI is InChI=1S/C19H23N3O2/c1-12-3-2-4-16(20)18-10-14(7-8-21-18)15-6-5-13(11-23)9-17(15)22-19(12)24/h5-10,12,16,23H,2-4,11,20H2,1H3,(H,22,24). The third kappa shape index (κ3) is 3.47. The molecule has 1 aromatic carbocycles. The maximum Gasteiger partial charge on any atom is 0.227 e. The van der Waals surface area contributed by atoms with E-state index < -0.39 is 0 Å². The van der Waals surface area contributed by atoms with Crippen LogP contribution < -0.4 is 11.1 Å². The summed E-state index contributed by atoms with van der Waals surface area (Å²) in [5.41, 5.74) is 10.5. The Morgan fingerprint density at radius 2 is 2.12 bits per heavy atom. The number of amides is 1. The van der Waals surface area contributed by atoms with Gasteiger partial charge in [0.25, 0.3) is 0 Å². The predicted molar refractivity (Wildman–Crippen MR) is 94.2 cm³/mol. The molecule has 24 heavy (non-hydrogen) atoms. The largest absolute Gasteiger partial charge is 0.392 e. The maximum atomic E-state index is 12.5. The number of benzene rings is 1. The molecule has 2 heterocycles. The van der Waals surface area contributed by atoms with Gasteiger partial charge in [0.1, 0.15) is 0 Å². The average Bonchev–Trinajstić information content (AvgIpc) is 2.60. The van der Waals surface area contributed by atoms with Crippen LogP contribution in [0.2, 0.25) is 0 Å². The normalized spacial score (nSPS) is 21.2. The lowest BCUT2D eigenvalue weighted by molar-refractivity contribution is -0.119. The first kappa shape index (κ1) is 16.6. The molecular formula is C19H23N3O2. The summed E-state index contributed by atoms with van der Waals surface area (Å²) in [4.78, 5) is 16.9. The highest BCUT2D eigenvalue weighted by Gasteiger charge is 2.18. The topological polar surface area (TPSA) is 88.2 Å². The molecule has 0 fully saturated rings. The monoisotopic (exact) mass is 325 g/mol. The smallest absolute Gasteiger partial charge is 0.227 e. The Kier molecular flexibility index (Phi) is 4.92. The van der Waals surface area contributed by atoms with Gasteiger partial charge in [-0.05, 0) is 42.2 Å². The van der Waals surface area contributed by atoms with Crippen LogP contribution in [0.25, 0.3) is 11.1 Å². The molecule has 1 aliphatic rings. The lowest BCUT2D eigenvalue weighted by Gasteiger charge is -2.19. The van der Waals surface area contributed by atoms with Crippen molar-refractivity contribution in [1.29, 1.82) is 0 Å². The molecule has 0 radical (unpaired) electrons. The number of aliphatic hydroxyl groups is 1. The van der Waals surface area contributed by atoms with Crippen molar-refractivity contribution in [3.8, 4) is 11.1 Å². The molecule has 0 saturated heterocycles. The minimum atomic E-state index is -0.125. The molecule has 5 heteroatoms. The lowest BCUT2D eigenvalue weighted by atomic mass is 9.95. The maximum absolute atomic E-state index is 12.5. The Bertz CT molecular complexity index is 745. The van der Waals surface area contributed by atoms with Crippen molar-refractivity contribution in [1.82, 2.24) is 4.98 Å². The van der Waals surface area contributed by atoms with Crippen molar-refractivity contribution < 1.29 is 9.90 Å². The summed E-state index contributed by atoms with van der Waals surface area (Å²) in [6, 6.07) is 9.38. The second-order valence-electron chi connectivity index (χ2n) is 6.44. The number of nitrogens with zero attached hydrogens (tertiary/aromatic N) is 1. The van der Waals surface area contributed by atoms with E-state index in [1.807, 2.05) is 37.3 Å². The average molecular weight is 325 g/mol. The zero-order valence-electron chi connectivity index (χ0n) is 13.8. The van der Waals surface area contributed by atoms with Gasteiger partial charge in [-0.15, -0.1) is 0 Å². The van der Waals surface area contributed by atoms with Gasteiger partial charge >= 0.3 is 0 Å². The second kappa shape index (κ2) is 7.11. The summed E-state index contributed by atoms with van der Waals surface area (Å²) in [6.07, 6.45) is 4.23. The Hall–Kier alpha value is -2.24. The van der Waals surface area contributed by atoms with Crippen molar-refractivity contribution in [2.75, 3.05) is 5.32 Å². The van der Waals surface area contributed by atoms with E-state index in [4.69, 9.17) is 5.73 Å². The van der Waals surface area contributed by atoms with Crippen molar-refractivity contribution in [2.24, 2.45) is 11.7 Å². The van der Waals surface area contributed by atoms with Gasteiger partial charge in [0.05, 0.1) is 12.3 Å². The number of aliphatic hydroxyl groups excluding tert-OH is 1. The molecule has 0 aliphatic carbocycles. The van der Waals surface area contributed by atoms with E-state index >= 15 is 0 Å². The number of rotatable bonds is 1. The summed E-state index contributed by atoms with van der Waals surface area (Å²) in [6.45, 7) is 1.87. The molecule has 1 aromatic heterocycles. The predicted octanol–water partition coefficient (Wildman–Crippen LogP) is 3.00. The van der Waals surface area contributed by atoms with Crippen molar-refractivity contribution in [3.63, 3.8) is 0 Å². The summed E-state index contributed by atoms with van der Waals surface area (Å²) in [7, 11) is 0. The van der Waals surface area contributed by atoms with Gasteiger partial charge in [-0.2, -0.15) is 0 Å². The zero-order valence-corrected chi connectivity index (χ0v) is 13.8. The van der Waals surface area contributed by atoms with Gasteiger partial charge in [-0.1, -0.05) is 25.5 Å². The molecule has 4 N–H and O–H groups in total. The van der Waals surface area contributed by atoms with Crippen LogP contribution in [0, 0.1) is 5.92 Å². The van der Waals surface area contributed by atoms with Gasteiger partial charge in [-0.25, -0.2) is 0 Å². The van der Waals surface area contributed by atoms with Crippen LogP contribution in [-0.4, -0.2) is 16.0 Å². The Labute approximate surface area is 141 Å². The fourth-order valence-corrected chi connectivity index (χ4v) is 3.04. The number of hydrogen-bond donors (Lipinski definition) is 3. The SMILES string of the molecule is CC1CCCC(N)c2cc(ccn2)-c2ccc(CO)cc2NC1=O. The molecule has 5 nitrogen and oxygen atoms in total. The Morgan fingerprint density at radius 1 is 1.29 bits per heavy atom. The first-order chi connectivity index (χ1) is 11.6. The number of aromatic nitrogens is 1. The molecule has 0 spiro atoms. The number of carbonyl (C=O) groups excluding carboxylic acids is 1. The number of pyridine rings is 1. The van der Waals surface area contributed by atoms with E-state index in [0.29, 0.717) is 5.69 Å². The quantitative estimate of drug-likeness (QED) is 0.752. The van der Waals surface area contributed by atoms with E-state index in [0.717, 1.165) is 41.6 Å². The Balaban J connectivity index is 2.12. The highest BCUT2D eigenvalue weighted by molar-refractivity contribution is 5.96. The lowest BCUT2D eigenvalue weighted by Crippen LogP contribution is -2.22. The van der Waals surface area contributed by atoms with Crippen LogP contribution >= 0.6 is 0 Å². The molecule has 126 valence electrons. The minimum absolute atomic E-state index is 0.00485. The fourth-order valence-electron chi connectivity index (χ4n) is 3.04. The van der Waals surface area contributed by atoms with Gasteiger partial charge in [0, 0.05) is 29.4 Å². The number of anilines is 1. The van der Waals surface area contributed by atoms with Crippen LogP contribution in [0.4, 0.5) is 5.69 Å². The van der Waals surface area contributed by atoms with E-state index in [1.165, 1.54) is 0 Å². The Morgan fingerprint density at radius 3 is 2.92 bits per heavy atom. The first-order valence-electron chi connectivity index (χ1n) is 8.35. The van der Waals surface area contributed by atoms with Gasteiger partial charge in [0.2, 0.25) is 5.91 Å². The second-order valence-corrected chi connectivity index (χ2v) is 6.44. The molecule has 0 saturated carbocycles. The summed E-state index contributed by atoms with van der Waals surface area (Å²) >= 11 is 0. The van der Waals surface area contributed by atoms with E-state index in [-0.39, 0.29) is 24.5 Å². The molecule has 2 bridgehead atoms. The molecule has 2 aromatic rings. The zero-order chi connectivity index (χ0) is 17.1. The van der Waals surface area contributed by atoms with Crippen LogP contribution in [-0.2, 0) is 11.4 Å². The van der Waals surface area contributed by atoms with E-state index in [9.17, 15) is 9.90 Å². The number of nitrogens with one attached hydrogen (secondary N) is 1. The van der Waals surface area contributed by atoms with Gasteiger partial charge in [0.15, 0.2) is 0 Å². The molecular weight excluding hydrogens is 302 g/mol. The summed E-state index contributed by atoms with van der Waals surface area (Å²) in [5, 5.41) is 12.4. The number of carbonyl (C=O) groups is 1. The van der Waals surface area contributed by atoms with Crippen LogP contribution in [0.5, 0.6) is 0 Å². The third-order valence-corrected chi connectivity index (χ3v) is 4.60. The molecule has 3 rings (SSSR count). The van der Waals surface area contributed by atoms with Crippen molar-refractivity contribution in [3.05, 3.63) is 47.8 Å². The molecule has 1 amide bonds. The van der Waals surface area contributed by atoms with Crippen molar-refractivity contribution >= 4 is 11.6 Å². The number of nitrogens with two attached hydrogens (primary N) is 1. The molecule has 2 atom stereocenters. The van der Waals surface area contributed by atoms with E-state index in [1.54, 1.807) is 6.20 Å². The summed E-state index contributed by atoms with van der Waals surface area (Å²) < 4.78 is 0. The number of fused-ring (bicyclic) bond motifs is 4. The first-order valence-corrected chi connectivity index (χ1v) is 8.35. The van der Waals surface area contributed by atoms with Crippen molar-refractivity contribution in [2.45, 2.75) is 38.8 Å². The number of hydrogen-bond acceptors (Lipinski definition) is 4. The highest BCUT2D eigenvalue weighted by atomic mass is 16.3. The van der Waals surface area contributed by atoms with E-state index in [2.05, 4.69) is 10.3 Å². The molecule has 1 aliphatic heterocycles. The van der Waals surface area contributed by atoms with Gasteiger partial charge in [-0.3, -0.25) is 9.78 Å². The highest BCUT2D eigenvalue weighted by Crippen LogP contribution is 2.32. The van der Waals surface area contributed by atoms with Crippen LogP contribution in [0.1, 0.15) is 43.5 Å². The summed E-state index contributed by atoms with van der Waals surface area (Å²) in [5.74, 6) is -0.0941. The minimum Gasteiger partial charge on any atom is -0.392 e. The van der Waals surface area contributed by atoms with Crippen LogP contribution in [0.3, 0.4) is 0 Å².